The smallest absolute Gasteiger partial charge is 0.0702 e. The maximum absolute atomic E-state index is 4.62. The van der Waals surface area contributed by atoms with Crippen LogP contribution in [0.2, 0.25) is 0 Å². The summed E-state index contributed by atoms with van der Waals surface area (Å²) in [5.74, 6) is 1.20. The molecular weight excluding hydrogens is 296 g/mol. The molecule has 2 heterocycles. The molecule has 1 fully saturated rings. The second-order valence-corrected chi connectivity index (χ2v) is 8.68. The molecular formula is C17H22N2S2. The molecule has 0 radical (unpaired) electrons. The standard InChI is InChI=1S/C17H22N2S2/c1-11-12(2)21-16(10-20-11)17(18-3)14-8-13-6-4-5-7-15(13)19-9-14/h4-9,11-12,16-18H,10H2,1-3H3. The molecule has 112 valence electrons. The molecule has 1 aliphatic rings. The van der Waals surface area contributed by atoms with Crippen LogP contribution >= 0.6 is 23.5 Å². The minimum absolute atomic E-state index is 0.370. The molecule has 21 heavy (non-hydrogen) atoms. The van der Waals surface area contributed by atoms with Crippen LogP contribution in [0.1, 0.15) is 25.5 Å². The van der Waals surface area contributed by atoms with E-state index in [9.17, 15) is 0 Å². The zero-order valence-electron chi connectivity index (χ0n) is 12.7. The summed E-state index contributed by atoms with van der Waals surface area (Å²) < 4.78 is 0. The van der Waals surface area contributed by atoms with Crippen molar-refractivity contribution in [2.75, 3.05) is 12.8 Å². The highest BCUT2D eigenvalue weighted by Crippen LogP contribution is 2.41. The van der Waals surface area contributed by atoms with Crippen molar-refractivity contribution in [2.24, 2.45) is 0 Å². The molecule has 0 amide bonds. The highest BCUT2D eigenvalue weighted by atomic mass is 32.2. The number of nitrogens with zero attached hydrogens (tertiary/aromatic N) is 1. The Morgan fingerprint density at radius 2 is 2.05 bits per heavy atom. The van der Waals surface area contributed by atoms with E-state index < -0.39 is 0 Å². The molecule has 0 saturated carbocycles. The monoisotopic (exact) mass is 318 g/mol. The molecule has 0 aliphatic carbocycles. The summed E-state index contributed by atoms with van der Waals surface area (Å²) >= 11 is 4.21. The van der Waals surface area contributed by atoms with Gasteiger partial charge in [0.1, 0.15) is 0 Å². The van der Waals surface area contributed by atoms with E-state index in [4.69, 9.17) is 0 Å². The molecule has 4 unspecified atom stereocenters. The number of nitrogens with one attached hydrogen (secondary N) is 1. The highest BCUT2D eigenvalue weighted by Gasteiger charge is 2.31. The third-order valence-electron chi connectivity index (χ3n) is 4.23. The number of benzene rings is 1. The van der Waals surface area contributed by atoms with Gasteiger partial charge in [-0.25, -0.2) is 0 Å². The summed E-state index contributed by atoms with van der Waals surface area (Å²) in [5, 5.41) is 6.80. The zero-order valence-corrected chi connectivity index (χ0v) is 14.4. The van der Waals surface area contributed by atoms with Gasteiger partial charge in [0.15, 0.2) is 0 Å². The third-order valence-corrected chi connectivity index (χ3v) is 7.72. The van der Waals surface area contributed by atoms with E-state index in [2.05, 4.69) is 79.0 Å². The number of para-hydroxylation sites is 1. The molecule has 1 aliphatic heterocycles. The van der Waals surface area contributed by atoms with Crippen molar-refractivity contribution in [2.45, 2.75) is 35.6 Å². The number of rotatable bonds is 3. The molecule has 1 saturated heterocycles. The molecule has 1 aromatic heterocycles. The van der Waals surface area contributed by atoms with Crippen LogP contribution < -0.4 is 5.32 Å². The fourth-order valence-electron chi connectivity index (χ4n) is 2.81. The lowest BCUT2D eigenvalue weighted by Gasteiger charge is -2.36. The largest absolute Gasteiger partial charge is 0.312 e. The Morgan fingerprint density at radius 1 is 1.24 bits per heavy atom. The number of thioether (sulfide) groups is 2. The molecule has 1 aromatic carbocycles. The lowest BCUT2D eigenvalue weighted by Crippen LogP contribution is -2.35. The summed E-state index contributed by atoms with van der Waals surface area (Å²) in [6, 6.07) is 11.0. The first kappa shape index (κ1) is 15.2. The van der Waals surface area contributed by atoms with Gasteiger partial charge in [-0.15, -0.1) is 0 Å². The van der Waals surface area contributed by atoms with Crippen LogP contribution in [0.5, 0.6) is 0 Å². The molecule has 4 heteroatoms. The Kier molecular flexibility index (Phi) is 4.77. The van der Waals surface area contributed by atoms with Gasteiger partial charge in [0.25, 0.3) is 0 Å². The quantitative estimate of drug-likeness (QED) is 0.920. The van der Waals surface area contributed by atoms with E-state index in [0.717, 1.165) is 10.8 Å². The van der Waals surface area contributed by atoms with Crippen LogP contribution in [0.3, 0.4) is 0 Å². The lowest BCUT2D eigenvalue weighted by molar-refractivity contribution is 0.587. The maximum Gasteiger partial charge on any atom is 0.0702 e. The van der Waals surface area contributed by atoms with E-state index in [0.29, 0.717) is 16.5 Å². The van der Waals surface area contributed by atoms with E-state index in [1.807, 2.05) is 12.3 Å². The van der Waals surface area contributed by atoms with Crippen molar-refractivity contribution in [1.82, 2.24) is 10.3 Å². The summed E-state index contributed by atoms with van der Waals surface area (Å²) in [5.41, 5.74) is 2.37. The van der Waals surface area contributed by atoms with Crippen LogP contribution in [0.4, 0.5) is 0 Å². The van der Waals surface area contributed by atoms with E-state index in [1.54, 1.807) is 0 Å². The number of hydrogen-bond donors (Lipinski definition) is 1. The average molecular weight is 319 g/mol. The highest BCUT2D eigenvalue weighted by molar-refractivity contribution is 8.07. The van der Waals surface area contributed by atoms with Gasteiger partial charge in [-0.1, -0.05) is 32.0 Å². The van der Waals surface area contributed by atoms with Crippen molar-refractivity contribution in [3.05, 3.63) is 42.1 Å². The Labute approximate surface area is 135 Å². The second kappa shape index (κ2) is 6.59. The van der Waals surface area contributed by atoms with Crippen molar-refractivity contribution < 1.29 is 0 Å². The fraction of sp³-hybridized carbons (Fsp3) is 0.471. The van der Waals surface area contributed by atoms with Crippen molar-refractivity contribution in [1.29, 1.82) is 0 Å². The molecule has 0 bridgehead atoms. The Balaban J connectivity index is 1.87. The Morgan fingerprint density at radius 3 is 2.81 bits per heavy atom. The third kappa shape index (κ3) is 3.22. The SMILES string of the molecule is CNC(c1cnc2ccccc2c1)C1CSC(C)C(C)S1. The molecule has 4 atom stereocenters. The number of hydrogen-bond acceptors (Lipinski definition) is 4. The van der Waals surface area contributed by atoms with Gasteiger partial charge >= 0.3 is 0 Å². The average Bonchev–Trinajstić information content (AvgIpc) is 2.51. The van der Waals surface area contributed by atoms with Gasteiger partial charge in [-0.05, 0) is 24.7 Å². The minimum atomic E-state index is 0.370. The predicted molar refractivity (Wildman–Crippen MR) is 96.3 cm³/mol. The van der Waals surface area contributed by atoms with Gasteiger partial charge in [-0.3, -0.25) is 4.98 Å². The molecule has 2 aromatic rings. The van der Waals surface area contributed by atoms with Gasteiger partial charge in [0.2, 0.25) is 0 Å². The van der Waals surface area contributed by atoms with Crippen molar-refractivity contribution in [3.63, 3.8) is 0 Å². The topological polar surface area (TPSA) is 24.9 Å². The zero-order chi connectivity index (χ0) is 14.8. The van der Waals surface area contributed by atoms with Crippen LogP contribution in [0.15, 0.2) is 36.5 Å². The molecule has 0 spiro atoms. The van der Waals surface area contributed by atoms with Gasteiger partial charge in [0, 0.05) is 39.1 Å². The fourth-order valence-corrected chi connectivity index (χ4v) is 5.97. The minimum Gasteiger partial charge on any atom is -0.312 e. The van der Waals surface area contributed by atoms with E-state index in [-0.39, 0.29) is 0 Å². The maximum atomic E-state index is 4.62. The Hall–Kier alpha value is -0.710. The van der Waals surface area contributed by atoms with Crippen LogP contribution in [-0.4, -0.2) is 33.5 Å². The Bertz CT molecular complexity index is 617. The molecule has 1 N–H and O–H groups in total. The van der Waals surface area contributed by atoms with Crippen LogP contribution in [0, 0.1) is 0 Å². The van der Waals surface area contributed by atoms with Gasteiger partial charge in [-0.2, -0.15) is 23.5 Å². The summed E-state index contributed by atoms with van der Waals surface area (Å²) in [4.78, 5) is 4.62. The number of pyridine rings is 1. The normalized spacial score (nSPS) is 27.7. The summed E-state index contributed by atoms with van der Waals surface area (Å²) in [6.07, 6.45) is 2.04. The molecule has 3 rings (SSSR count). The molecule has 2 nitrogen and oxygen atoms in total. The first-order valence-corrected chi connectivity index (χ1v) is 9.47. The second-order valence-electron chi connectivity index (χ2n) is 5.65. The van der Waals surface area contributed by atoms with Crippen molar-refractivity contribution in [3.8, 4) is 0 Å². The lowest BCUT2D eigenvalue weighted by atomic mass is 10.0. The summed E-state index contributed by atoms with van der Waals surface area (Å²) in [6.45, 7) is 4.68. The van der Waals surface area contributed by atoms with Gasteiger partial charge < -0.3 is 5.32 Å². The first-order chi connectivity index (χ1) is 10.2. The van der Waals surface area contributed by atoms with Crippen LogP contribution in [-0.2, 0) is 0 Å². The predicted octanol–water partition coefficient (Wildman–Crippen LogP) is 4.12. The number of fused-ring (bicyclic) bond motifs is 1. The van der Waals surface area contributed by atoms with Crippen molar-refractivity contribution >= 4 is 34.4 Å². The number of aromatic nitrogens is 1. The van der Waals surface area contributed by atoms with E-state index in [1.165, 1.54) is 16.7 Å². The first-order valence-electron chi connectivity index (χ1n) is 7.48. The van der Waals surface area contributed by atoms with Crippen LogP contribution in [0.25, 0.3) is 10.9 Å². The van der Waals surface area contributed by atoms with E-state index >= 15 is 0 Å². The van der Waals surface area contributed by atoms with Gasteiger partial charge in [0.05, 0.1) is 5.52 Å². The summed E-state index contributed by atoms with van der Waals surface area (Å²) in [7, 11) is 2.06.